The zero-order chi connectivity index (χ0) is 20.2. The van der Waals surface area contributed by atoms with Gasteiger partial charge in [0, 0.05) is 32.7 Å². The Kier molecular flexibility index (Phi) is 5.86. The lowest BCUT2D eigenvalue weighted by Crippen LogP contribution is -2.39. The standard InChI is InChI=1S/C20H24N6O2S/c1-16-5-7-17(8-6-16)14-23-9-3-10-24(12-11-23)18(27)15-25-20(28)26(22-21-25)19-4-2-13-29-19/h2,4-8,13H,3,9-12,14-15H2,1H3. The molecule has 3 heterocycles. The number of carbonyl (C=O) groups excluding carboxylic acids is 1. The SMILES string of the molecule is Cc1ccc(CN2CCCN(C(=O)Cn3nnn(-c4cccs4)c3=O)CC2)cc1. The highest BCUT2D eigenvalue weighted by atomic mass is 32.1. The van der Waals surface area contributed by atoms with E-state index in [2.05, 4.69) is 46.5 Å². The van der Waals surface area contributed by atoms with Crippen molar-refractivity contribution >= 4 is 17.2 Å². The van der Waals surface area contributed by atoms with Crippen molar-refractivity contribution < 1.29 is 4.79 Å². The molecule has 0 spiro atoms. The molecule has 1 fully saturated rings. The minimum atomic E-state index is -0.392. The van der Waals surface area contributed by atoms with Crippen LogP contribution in [0.4, 0.5) is 0 Å². The second-order valence-electron chi connectivity index (χ2n) is 7.28. The summed E-state index contributed by atoms with van der Waals surface area (Å²) < 4.78 is 2.36. The van der Waals surface area contributed by atoms with Crippen LogP contribution in [0.2, 0.25) is 0 Å². The number of thiophene rings is 1. The van der Waals surface area contributed by atoms with Crippen molar-refractivity contribution in [2.24, 2.45) is 0 Å². The Bertz CT molecular complexity index is 1010. The van der Waals surface area contributed by atoms with Crippen molar-refractivity contribution in [2.75, 3.05) is 26.2 Å². The number of hydrogen-bond donors (Lipinski definition) is 0. The van der Waals surface area contributed by atoms with Crippen LogP contribution in [0.15, 0.2) is 46.6 Å². The molecular weight excluding hydrogens is 388 g/mol. The Morgan fingerprint density at radius 1 is 1.07 bits per heavy atom. The normalized spacial score (nSPS) is 15.4. The molecule has 1 aliphatic rings. The van der Waals surface area contributed by atoms with Gasteiger partial charge in [-0.3, -0.25) is 9.69 Å². The van der Waals surface area contributed by atoms with Crippen LogP contribution in [0.25, 0.3) is 5.00 Å². The van der Waals surface area contributed by atoms with Gasteiger partial charge < -0.3 is 4.90 Å². The number of carbonyl (C=O) groups is 1. The molecule has 3 aromatic rings. The molecule has 1 aliphatic heterocycles. The van der Waals surface area contributed by atoms with E-state index in [4.69, 9.17) is 0 Å². The van der Waals surface area contributed by atoms with E-state index in [1.807, 2.05) is 16.3 Å². The van der Waals surface area contributed by atoms with Gasteiger partial charge in [-0.2, -0.15) is 9.36 Å². The van der Waals surface area contributed by atoms with E-state index in [0.29, 0.717) is 18.1 Å². The first-order valence-electron chi connectivity index (χ1n) is 9.72. The molecule has 9 heteroatoms. The first-order valence-corrected chi connectivity index (χ1v) is 10.6. The summed E-state index contributed by atoms with van der Waals surface area (Å²) in [6, 6.07) is 12.2. The third-order valence-corrected chi connectivity index (χ3v) is 5.95. The topological polar surface area (TPSA) is 76.3 Å². The number of amides is 1. The van der Waals surface area contributed by atoms with Crippen LogP contribution in [0.5, 0.6) is 0 Å². The second kappa shape index (κ2) is 8.71. The first kappa shape index (κ1) is 19.5. The molecule has 8 nitrogen and oxygen atoms in total. The van der Waals surface area contributed by atoms with Crippen molar-refractivity contribution in [3.8, 4) is 5.00 Å². The van der Waals surface area contributed by atoms with Crippen LogP contribution in [0.1, 0.15) is 17.5 Å². The van der Waals surface area contributed by atoms with Gasteiger partial charge in [-0.05, 0) is 46.8 Å². The maximum Gasteiger partial charge on any atom is 0.369 e. The third-order valence-electron chi connectivity index (χ3n) is 5.11. The molecule has 2 aromatic heterocycles. The zero-order valence-corrected chi connectivity index (χ0v) is 17.2. The fourth-order valence-electron chi connectivity index (χ4n) is 3.46. The van der Waals surface area contributed by atoms with E-state index >= 15 is 0 Å². The number of rotatable bonds is 5. The van der Waals surface area contributed by atoms with Crippen molar-refractivity contribution in [2.45, 2.75) is 26.4 Å². The molecule has 0 N–H and O–H groups in total. The van der Waals surface area contributed by atoms with Crippen LogP contribution < -0.4 is 5.69 Å². The summed E-state index contributed by atoms with van der Waals surface area (Å²) in [5, 5.41) is 10.3. The number of benzene rings is 1. The molecular formula is C20H24N6O2S. The van der Waals surface area contributed by atoms with E-state index in [1.54, 1.807) is 6.07 Å². The highest BCUT2D eigenvalue weighted by molar-refractivity contribution is 7.12. The van der Waals surface area contributed by atoms with Gasteiger partial charge in [0.05, 0.1) is 0 Å². The number of hydrogen-bond acceptors (Lipinski definition) is 6. The maximum absolute atomic E-state index is 12.7. The van der Waals surface area contributed by atoms with Gasteiger partial charge in [0.1, 0.15) is 11.5 Å². The van der Waals surface area contributed by atoms with Crippen LogP contribution in [0.3, 0.4) is 0 Å². The van der Waals surface area contributed by atoms with Gasteiger partial charge in [-0.1, -0.05) is 29.8 Å². The lowest BCUT2D eigenvalue weighted by Gasteiger charge is -2.22. The average Bonchev–Trinajstić information content (AvgIpc) is 3.29. The van der Waals surface area contributed by atoms with Gasteiger partial charge in [0.2, 0.25) is 5.91 Å². The molecule has 1 amide bonds. The van der Waals surface area contributed by atoms with E-state index < -0.39 is 5.69 Å². The Balaban J connectivity index is 1.35. The number of nitrogens with zero attached hydrogens (tertiary/aromatic N) is 6. The Morgan fingerprint density at radius 2 is 1.90 bits per heavy atom. The van der Waals surface area contributed by atoms with Crippen molar-refractivity contribution in [1.29, 1.82) is 0 Å². The molecule has 0 bridgehead atoms. The van der Waals surface area contributed by atoms with Gasteiger partial charge in [0.25, 0.3) is 0 Å². The van der Waals surface area contributed by atoms with Crippen molar-refractivity contribution in [3.63, 3.8) is 0 Å². The summed E-state index contributed by atoms with van der Waals surface area (Å²) in [5.41, 5.74) is 2.15. The van der Waals surface area contributed by atoms with Crippen LogP contribution in [-0.4, -0.2) is 61.7 Å². The highest BCUT2D eigenvalue weighted by Crippen LogP contribution is 2.12. The van der Waals surface area contributed by atoms with E-state index in [0.717, 1.165) is 30.7 Å². The fraction of sp³-hybridized carbons (Fsp3) is 0.400. The number of aromatic nitrogens is 4. The molecule has 0 unspecified atom stereocenters. The lowest BCUT2D eigenvalue weighted by molar-refractivity contribution is -0.132. The lowest BCUT2D eigenvalue weighted by atomic mass is 10.1. The molecule has 0 atom stereocenters. The second-order valence-corrected chi connectivity index (χ2v) is 8.20. The highest BCUT2D eigenvalue weighted by Gasteiger charge is 2.21. The van der Waals surface area contributed by atoms with Crippen LogP contribution in [0, 0.1) is 6.92 Å². The predicted octanol–water partition coefficient (Wildman–Crippen LogP) is 1.53. The van der Waals surface area contributed by atoms with Crippen LogP contribution in [-0.2, 0) is 17.9 Å². The molecule has 1 aromatic carbocycles. The summed E-state index contributed by atoms with van der Waals surface area (Å²) in [6.07, 6.45) is 0.911. The van der Waals surface area contributed by atoms with Crippen molar-refractivity contribution in [3.05, 3.63) is 63.4 Å². The quantitative estimate of drug-likeness (QED) is 0.635. The van der Waals surface area contributed by atoms with Gasteiger partial charge in [-0.25, -0.2) is 4.79 Å². The van der Waals surface area contributed by atoms with E-state index in [1.165, 1.54) is 27.1 Å². The molecule has 0 radical (unpaired) electrons. The fourth-order valence-corrected chi connectivity index (χ4v) is 4.13. The third kappa shape index (κ3) is 4.63. The molecule has 1 saturated heterocycles. The van der Waals surface area contributed by atoms with Crippen LogP contribution >= 0.6 is 11.3 Å². The van der Waals surface area contributed by atoms with Gasteiger partial charge in [-0.15, -0.1) is 11.3 Å². The number of tetrazole rings is 1. The monoisotopic (exact) mass is 412 g/mol. The average molecular weight is 413 g/mol. The van der Waals surface area contributed by atoms with E-state index in [9.17, 15) is 9.59 Å². The molecule has 0 saturated carbocycles. The summed E-state index contributed by atoms with van der Waals surface area (Å²) in [6.45, 7) is 6.00. The summed E-state index contributed by atoms with van der Waals surface area (Å²) in [4.78, 5) is 29.4. The van der Waals surface area contributed by atoms with Crippen molar-refractivity contribution in [1.82, 2.24) is 29.6 Å². The summed E-state index contributed by atoms with van der Waals surface area (Å²) >= 11 is 1.40. The molecule has 4 rings (SSSR count). The number of aryl methyl sites for hydroxylation is 1. The first-order chi connectivity index (χ1) is 14.1. The van der Waals surface area contributed by atoms with Gasteiger partial charge >= 0.3 is 5.69 Å². The maximum atomic E-state index is 12.7. The smallest absolute Gasteiger partial charge is 0.340 e. The largest absolute Gasteiger partial charge is 0.369 e. The Labute approximate surface area is 173 Å². The Hall–Kier alpha value is -2.78. The van der Waals surface area contributed by atoms with Gasteiger partial charge in [0.15, 0.2) is 0 Å². The summed E-state index contributed by atoms with van der Waals surface area (Å²) in [5.74, 6) is -0.0949. The minimum Gasteiger partial charge on any atom is -0.340 e. The Morgan fingerprint density at radius 3 is 2.66 bits per heavy atom. The van der Waals surface area contributed by atoms with E-state index in [-0.39, 0.29) is 12.5 Å². The molecule has 152 valence electrons. The zero-order valence-electron chi connectivity index (χ0n) is 16.4. The predicted molar refractivity (Wildman–Crippen MR) is 111 cm³/mol. The summed E-state index contributed by atoms with van der Waals surface area (Å²) in [7, 11) is 0. The molecule has 29 heavy (non-hydrogen) atoms. The minimum absolute atomic E-state index is 0.0812. The molecule has 0 aliphatic carbocycles.